The van der Waals surface area contributed by atoms with E-state index in [9.17, 15) is 0 Å². The predicted molar refractivity (Wildman–Crippen MR) is 75.8 cm³/mol. The zero-order valence-electron chi connectivity index (χ0n) is 11.7. The van der Waals surface area contributed by atoms with E-state index < -0.39 is 0 Å². The summed E-state index contributed by atoms with van der Waals surface area (Å²) < 4.78 is 1.79. The first-order valence-electron chi connectivity index (χ1n) is 6.40. The molecule has 2 heterocycles. The normalized spacial score (nSPS) is 10.7. The van der Waals surface area contributed by atoms with Gasteiger partial charge in [0.25, 0.3) is 0 Å². The molecular weight excluding hydrogens is 240 g/mol. The molecule has 0 unspecified atom stereocenters. The minimum Gasteiger partial charge on any atom is -0.384 e. The topological polar surface area (TPSA) is 72.9 Å². The Morgan fingerprint density at radius 1 is 1.37 bits per heavy atom. The maximum absolute atomic E-state index is 5.83. The molecule has 0 aliphatic carbocycles. The lowest BCUT2D eigenvalue weighted by Crippen LogP contribution is -2.19. The Kier molecular flexibility index (Phi) is 3.99. The lowest BCUT2D eigenvalue weighted by Gasteiger charge is -2.18. The van der Waals surface area contributed by atoms with Crippen molar-refractivity contribution >= 4 is 11.6 Å². The molecule has 2 aromatic rings. The molecular formula is C13H20N6. The Labute approximate surface area is 113 Å². The Bertz CT molecular complexity index is 548. The monoisotopic (exact) mass is 260 g/mol. The van der Waals surface area contributed by atoms with Gasteiger partial charge >= 0.3 is 0 Å². The van der Waals surface area contributed by atoms with E-state index in [0.717, 1.165) is 36.6 Å². The van der Waals surface area contributed by atoms with Gasteiger partial charge in [0.15, 0.2) is 0 Å². The van der Waals surface area contributed by atoms with Crippen molar-refractivity contribution < 1.29 is 0 Å². The summed E-state index contributed by atoms with van der Waals surface area (Å²) in [5.74, 6) is 2.17. The number of nitrogens with zero attached hydrogens (tertiary/aromatic N) is 5. The van der Waals surface area contributed by atoms with E-state index in [2.05, 4.69) is 22.0 Å². The van der Waals surface area contributed by atoms with Gasteiger partial charge in [-0.1, -0.05) is 6.92 Å². The molecule has 0 fully saturated rings. The van der Waals surface area contributed by atoms with Gasteiger partial charge in [0.1, 0.15) is 17.5 Å². The van der Waals surface area contributed by atoms with Crippen LogP contribution in [-0.4, -0.2) is 26.8 Å². The molecule has 0 aliphatic heterocycles. The van der Waals surface area contributed by atoms with Crippen molar-refractivity contribution in [2.24, 2.45) is 7.05 Å². The summed E-state index contributed by atoms with van der Waals surface area (Å²) in [7, 11) is 3.90. The molecule has 0 radical (unpaired) electrons. The smallest absolute Gasteiger partial charge is 0.134 e. The lowest BCUT2D eigenvalue weighted by molar-refractivity contribution is 0.766. The second kappa shape index (κ2) is 5.69. The number of hydrogen-bond donors (Lipinski definition) is 1. The van der Waals surface area contributed by atoms with E-state index in [4.69, 9.17) is 5.73 Å². The van der Waals surface area contributed by atoms with Gasteiger partial charge in [0.05, 0.1) is 6.20 Å². The predicted octanol–water partition coefficient (Wildman–Crippen LogP) is 1.38. The van der Waals surface area contributed by atoms with Gasteiger partial charge in [-0.05, 0) is 6.42 Å². The summed E-state index contributed by atoms with van der Waals surface area (Å²) in [6.07, 6.45) is 5.70. The number of aryl methyl sites for hydroxylation is 2. The van der Waals surface area contributed by atoms with Crippen LogP contribution in [-0.2, 0) is 20.0 Å². The fraction of sp³-hybridized carbons (Fsp3) is 0.462. The van der Waals surface area contributed by atoms with Gasteiger partial charge in [-0.3, -0.25) is 4.68 Å². The summed E-state index contributed by atoms with van der Waals surface area (Å²) >= 11 is 0. The molecule has 19 heavy (non-hydrogen) atoms. The van der Waals surface area contributed by atoms with Crippen LogP contribution in [0.15, 0.2) is 18.5 Å². The summed E-state index contributed by atoms with van der Waals surface area (Å²) in [6, 6.07) is 1.80. The van der Waals surface area contributed by atoms with Crippen molar-refractivity contribution in [1.29, 1.82) is 0 Å². The second-order valence-corrected chi connectivity index (χ2v) is 4.70. The molecule has 2 aromatic heterocycles. The van der Waals surface area contributed by atoms with Gasteiger partial charge in [-0.2, -0.15) is 5.10 Å². The maximum atomic E-state index is 5.83. The largest absolute Gasteiger partial charge is 0.384 e. The minimum atomic E-state index is 0.520. The van der Waals surface area contributed by atoms with Crippen LogP contribution in [0.3, 0.4) is 0 Å². The Morgan fingerprint density at radius 3 is 2.79 bits per heavy atom. The van der Waals surface area contributed by atoms with Gasteiger partial charge in [-0.25, -0.2) is 9.97 Å². The highest BCUT2D eigenvalue weighted by Gasteiger charge is 2.08. The summed E-state index contributed by atoms with van der Waals surface area (Å²) in [5, 5.41) is 4.16. The van der Waals surface area contributed by atoms with Crippen molar-refractivity contribution in [3.63, 3.8) is 0 Å². The van der Waals surface area contributed by atoms with E-state index in [0.29, 0.717) is 5.82 Å². The van der Waals surface area contributed by atoms with E-state index in [-0.39, 0.29) is 0 Å². The third-order valence-electron chi connectivity index (χ3n) is 2.82. The van der Waals surface area contributed by atoms with Crippen LogP contribution < -0.4 is 10.6 Å². The molecule has 2 rings (SSSR count). The molecule has 0 aromatic carbocycles. The van der Waals surface area contributed by atoms with Crippen molar-refractivity contribution in [3.8, 4) is 0 Å². The first-order chi connectivity index (χ1) is 9.08. The lowest BCUT2D eigenvalue weighted by atomic mass is 10.3. The van der Waals surface area contributed by atoms with Crippen LogP contribution in [0.4, 0.5) is 11.6 Å². The summed E-state index contributed by atoms with van der Waals surface area (Å²) in [6.45, 7) is 2.85. The number of hydrogen-bond acceptors (Lipinski definition) is 5. The van der Waals surface area contributed by atoms with Crippen molar-refractivity contribution in [2.75, 3.05) is 17.7 Å². The molecule has 102 valence electrons. The van der Waals surface area contributed by atoms with Crippen LogP contribution in [0.2, 0.25) is 0 Å². The number of aromatic nitrogens is 4. The number of nitrogen functional groups attached to an aromatic ring is 1. The van der Waals surface area contributed by atoms with E-state index >= 15 is 0 Å². The fourth-order valence-corrected chi connectivity index (χ4v) is 1.94. The van der Waals surface area contributed by atoms with Crippen LogP contribution in [0.25, 0.3) is 0 Å². The fourth-order valence-electron chi connectivity index (χ4n) is 1.94. The van der Waals surface area contributed by atoms with Crippen molar-refractivity contribution in [2.45, 2.75) is 26.3 Å². The molecule has 0 amide bonds. The van der Waals surface area contributed by atoms with Crippen LogP contribution in [0.5, 0.6) is 0 Å². The SMILES string of the molecule is CCCc1nc(N)cc(N(C)Cc2cnn(C)c2)n1. The molecule has 0 atom stereocenters. The van der Waals surface area contributed by atoms with Crippen LogP contribution in [0.1, 0.15) is 24.7 Å². The molecule has 6 heteroatoms. The van der Waals surface area contributed by atoms with Crippen LogP contribution >= 0.6 is 0 Å². The molecule has 0 bridgehead atoms. The minimum absolute atomic E-state index is 0.520. The van der Waals surface area contributed by atoms with E-state index in [1.807, 2.05) is 31.4 Å². The Morgan fingerprint density at radius 2 is 2.16 bits per heavy atom. The van der Waals surface area contributed by atoms with Crippen LogP contribution in [0, 0.1) is 0 Å². The maximum Gasteiger partial charge on any atom is 0.134 e. The van der Waals surface area contributed by atoms with Gasteiger partial charge in [0, 0.05) is 44.9 Å². The highest BCUT2D eigenvalue weighted by molar-refractivity contribution is 5.46. The Balaban J connectivity index is 2.15. The first kappa shape index (κ1) is 13.3. The molecule has 0 spiro atoms. The first-order valence-corrected chi connectivity index (χ1v) is 6.40. The third kappa shape index (κ3) is 3.43. The zero-order chi connectivity index (χ0) is 13.8. The van der Waals surface area contributed by atoms with Gasteiger partial charge in [-0.15, -0.1) is 0 Å². The highest BCUT2D eigenvalue weighted by Crippen LogP contribution is 2.15. The van der Waals surface area contributed by atoms with Gasteiger partial charge in [0.2, 0.25) is 0 Å². The number of anilines is 2. The Hall–Kier alpha value is -2.11. The standard InChI is InChI=1S/C13H20N6/c1-4-5-12-16-11(14)6-13(17-12)18(2)8-10-7-15-19(3)9-10/h6-7,9H,4-5,8H2,1-3H3,(H2,14,16,17). The van der Waals surface area contributed by atoms with E-state index in [1.165, 1.54) is 0 Å². The average molecular weight is 260 g/mol. The number of rotatable bonds is 5. The van der Waals surface area contributed by atoms with E-state index in [1.54, 1.807) is 10.7 Å². The number of nitrogens with two attached hydrogens (primary N) is 1. The average Bonchev–Trinajstić information content (AvgIpc) is 2.74. The quantitative estimate of drug-likeness (QED) is 0.879. The summed E-state index contributed by atoms with van der Waals surface area (Å²) in [4.78, 5) is 10.8. The molecule has 2 N–H and O–H groups in total. The second-order valence-electron chi connectivity index (χ2n) is 4.70. The molecule has 0 aliphatic rings. The molecule has 6 nitrogen and oxygen atoms in total. The zero-order valence-corrected chi connectivity index (χ0v) is 11.7. The third-order valence-corrected chi connectivity index (χ3v) is 2.82. The van der Waals surface area contributed by atoms with Gasteiger partial charge < -0.3 is 10.6 Å². The summed E-state index contributed by atoms with van der Waals surface area (Å²) in [5.41, 5.74) is 6.97. The highest BCUT2D eigenvalue weighted by atomic mass is 15.2. The molecule has 0 saturated heterocycles. The van der Waals surface area contributed by atoms with Crippen molar-refractivity contribution in [1.82, 2.24) is 19.7 Å². The molecule has 0 saturated carbocycles. The van der Waals surface area contributed by atoms with Crippen molar-refractivity contribution in [3.05, 3.63) is 29.8 Å².